The van der Waals surface area contributed by atoms with Crippen molar-refractivity contribution in [3.05, 3.63) is 47.8 Å². The van der Waals surface area contributed by atoms with E-state index in [2.05, 4.69) is 27.4 Å². The first-order valence-corrected chi connectivity index (χ1v) is 8.94. The van der Waals surface area contributed by atoms with Gasteiger partial charge < -0.3 is 14.6 Å². The summed E-state index contributed by atoms with van der Waals surface area (Å²) in [6, 6.07) is 6.56. The number of hydrogen-bond acceptors (Lipinski definition) is 6. The fraction of sp³-hybridized carbons (Fsp3) is 0.250. The minimum absolute atomic E-state index is 0.0266. The molecule has 2 N–H and O–H groups in total. The number of carbonyl (C=O) groups excluding carboxylic acids is 2. The average molecular weight is 396 g/mol. The number of hydrogen-bond donors (Lipinski definition) is 2. The molecule has 0 bridgehead atoms. The molecule has 26 heavy (non-hydrogen) atoms. The molecule has 1 aromatic carbocycles. The molecule has 0 aliphatic carbocycles. The van der Waals surface area contributed by atoms with Crippen LogP contribution in [0.25, 0.3) is 0 Å². The Labute approximate surface area is 160 Å². The lowest BCUT2D eigenvalue weighted by Crippen LogP contribution is -2.40. The van der Waals surface area contributed by atoms with E-state index in [1.165, 1.54) is 6.08 Å². The summed E-state index contributed by atoms with van der Waals surface area (Å²) in [4.78, 5) is 23.1. The molecule has 0 saturated heterocycles. The van der Waals surface area contributed by atoms with Crippen molar-refractivity contribution in [1.82, 2.24) is 25.4 Å². The van der Waals surface area contributed by atoms with Crippen LogP contribution in [-0.2, 0) is 18.4 Å². The number of imide groups is 1. The van der Waals surface area contributed by atoms with E-state index in [0.717, 1.165) is 11.8 Å². The van der Waals surface area contributed by atoms with Gasteiger partial charge in [-0.2, -0.15) is 0 Å². The normalized spacial score (nSPS) is 10.2. The van der Waals surface area contributed by atoms with Gasteiger partial charge >= 0.3 is 6.03 Å². The zero-order valence-electron chi connectivity index (χ0n) is 14.1. The van der Waals surface area contributed by atoms with Crippen molar-refractivity contribution in [2.45, 2.75) is 11.8 Å². The zero-order valence-corrected chi connectivity index (χ0v) is 15.6. The second-order valence-electron chi connectivity index (χ2n) is 5.01. The van der Waals surface area contributed by atoms with Crippen molar-refractivity contribution in [3.63, 3.8) is 0 Å². The Kier molecular flexibility index (Phi) is 7.49. The molecule has 0 atom stereocenters. The molecule has 10 heteroatoms. The number of benzene rings is 1. The van der Waals surface area contributed by atoms with Gasteiger partial charge in [0, 0.05) is 13.6 Å². The molecule has 0 fully saturated rings. The molecule has 0 unspecified atom stereocenters. The monoisotopic (exact) mass is 395 g/mol. The SMILES string of the molecule is C=CCNC(=O)NC(=O)CSc1nnc(COc2ccccc2Cl)n1C. The summed E-state index contributed by atoms with van der Waals surface area (Å²) in [5, 5.41) is 13.8. The average Bonchev–Trinajstić information content (AvgIpc) is 2.97. The van der Waals surface area contributed by atoms with Crippen LogP contribution in [0.15, 0.2) is 42.1 Å². The molecule has 0 radical (unpaired) electrons. The molecule has 0 saturated carbocycles. The number of amides is 3. The van der Waals surface area contributed by atoms with Crippen molar-refractivity contribution in [2.75, 3.05) is 12.3 Å². The highest BCUT2D eigenvalue weighted by Gasteiger charge is 2.13. The lowest BCUT2D eigenvalue weighted by atomic mass is 10.3. The van der Waals surface area contributed by atoms with Gasteiger partial charge in [0.05, 0.1) is 10.8 Å². The summed E-state index contributed by atoms with van der Waals surface area (Å²) in [6.45, 7) is 3.94. The highest BCUT2D eigenvalue weighted by Crippen LogP contribution is 2.24. The molecule has 0 aliphatic heterocycles. The highest BCUT2D eigenvalue weighted by atomic mass is 35.5. The van der Waals surface area contributed by atoms with Crippen molar-refractivity contribution in [2.24, 2.45) is 7.05 Å². The second-order valence-corrected chi connectivity index (χ2v) is 6.36. The summed E-state index contributed by atoms with van der Waals surface area (Å²) in [5.41, 5.74) is 0. The van der Waals surface area contributed by atoms with Crippen LogP contribution in [0.4, 0.5) is 4.79 Å². The minimum Gasteiger partial charge on any atom is -0.484 e. The van der Waals surface area contributed by atoms with Crippen LogP contribution in [0.1, 0.15) is 5.82 Å². The second kappa shape index (κ2) is 9.83. The Hall–Kier alpha value is -2.52. The standard InChI is InChI=1S/C16H18ClN5O3S/c1-3-8-18-15(24)19-14(23)10-26-16-21-20-13(22(16)2)9-25-12-7-5-4-6-11(12)17/h3-7H,1,8-10H2,2H3,(H2,18,19,23,24). The van der Waals surface area contributed by atoms with Gasteiger partial charge in [-0.3, -0.25) is 10.1 Å². The molecular formula is C16H18ClN5O3S. The van der Waals surface area contributed by atoms with Crippen molar-refractivity contribution in [3.8, 4) is 5.75 Å². The Bertz CT molecular complexity index is 796. The summed E-state index contributed by atoms with van der Waals surface area (Å²) in [6.07, 6.45) is 1.52. The Balaban J connectivity index is 1.84. The maximum Gasteiger partial charge on any atom is 0.321 e. The third kappa shape index (κ3) is 5.78. The first-order chi connectivity index (χ1) is 12.5. The van der Waals surface area contributed by atoms with Gasteiger partial charge in [-0.25, -0.2) is 4.79 Å². The third-order valence-corrected chi connectivity index (χ3v) is 4.44. The predicted molar refractivity (Wildman–Crippen MR) is 99.2 cm³/mol. The third-order valence-electron chi connectivity index (χ3n) is 3.11. The van der Waals surface area contributed by atoms with E-state index in [9.17, 15) is 9.59 Å². The van der Waals surface area contributed by atoms with Gasteiger partial charge in [-0.15, -0.1) is 16.8 Å². The van der Waals surface area contributed by atoms with Crippen LogP contribution in [0.5, 0.6) is 5.75 Å². The van der Waals surface area contributed by atoms with E-state index < -0.39 is 11.9 Å². The fourth-order valence-electron chi connectivity index (χ4n) is 1.80. The van der Waals surface area contributed by atoms with Crippen LogP contribution >= 0.6 is 23.4 Å². The maximum absolute atomic E-state index is 11.7. The van der Waals surface area contributed by atoms with E-state index in [-0.39, 0.29) is 18.9 Å². The van der Waals surface area contributed by atoms with Gasteiger partial charge in [0.1, 0.15) is 12.4 Å². The number of ether oxygens (including phenoxy) is 1. The molecule has 2 rings (SSSR count). The van der Waals surface area contributed by atoms with Gasteiger partial charge in [-0.1, -0.05) is 41.6 Å². The molecule has 8 nitrogen and oxygen atoms in total. The number of urea groups is 1. The molecule has 0 spiro atoms. The van der Waals surface area contributed by atoms with E-state index in [4.69, 9.17) is 16.3 Å². The maximum atomic E-state index is 11.7. The number of nitrogens with one attached hydrogen (secondary N) is 2. The van der Waals surface area contributed by atoms with Crippen molar-refractivity contribution < 1.29 is 14.3 Å². The summed E-state index contributed by atoms with van der Waals surface area (Å²) < 4.78 is 7.34. The lowest BCUT2D eigenvalue weighted by Gasteiger charge is -2.08. The zero-order chi connectivity index (χ0) is 18.9. The molecule has 1 heterocycles. The van der Waals surface area contributed by atoms with Crippen LogP contribution in [-0.4, -0.2) is 39.0 Å². The highest BCUT2D eigenvalue weighted by molar-refractivity contribution is 7.99. The van der Waals surface area contributed by atoms with Crippen LogP contribution in [0, 0.1) is 0 Å². The van der Waals surface area contributed by atoms with Crippen molar-refractivity contribution >= 4 is 35.3 Å². The smallest absolute Gasteiger partial charge is 0.321 e. The number of para-hydroxylation sites is 1. The van der Waals surface area contributed by atoms with Crippen LogP contribution in [0.2, 0.25) is 5.02 Å². The predicted octanol–water partition coefficient (Wildman–Crippen LogP) is 2.15. The van der Waals surface area contributed by atoms with E-state index in [1.807, 2.05) is 12.1 Å². The van der Waals surface area contributed by atoms with Gasteiger partial charge in [0.15, 0.2) is 11.0 Å². The Morgan fingerprint density at radius 3 is 2.88 bits per heavy atom. The quantitative estimate of drug-likeness (QED) is 0.525. The number of carbonyl (C=O) groups is 2. The van der Waals surface area contributed by atoms with Crippen molar-refractivity contribution in [1.29, 1.82) is 0 Å². The molecule has 2 aromatic rings. The lowest BCUT2D eigenvalue weighted by molar-refractivity contribution is -0.117. The summed E-state index contributed by atoms with van der Waals surface area (Å²) in [7, 11) is 1.77. The van der Waals surface area contributed by atoms with Crippen LogP contribution in [0.3, 0.4) is 0 Å². The molecule has 0 aliphatic rings. The summed E-state index contributed by atoms with van der Waals surface area (Å²) >= 11 is 7.20. The first kappa shape index (κ1) is 19.8. The number of nitrogens with zero attached hydrogens (tertiary/aromatic N) is 3. The van der Waals surface area contributed by atoms with E-state index in [0.29, 0.717) is 21.8 Å². The Morgan fingerprint density at radius 2 is 2.15 bits per heavy atom. The first-order valence-electron chi connectivity index (χ1n) is 7.58. The van der Waals surface area contributed by atoms with Gasteiger partial charge in [-0.05, 0) is 12.1 Å². The number of rotatable bonds is 8. The van der Waals surface area contributed by atoms with Gasteiger partial charge in [0.2, 0.25) is 5.91 Å². The summed E-state index contributed by atoms with van der Waals surface area (Å²) in [5.74, 6) is 0.722. The largest absolute Gasteiger partial charge is 0.484 e. The topological polar surface area (TPSA) is 98.1 Å². The Morgan fingerprint density at radius 1 is 1.38 bits per heavy atom. The fourth-order valence-corrected chi connectivity index (χ4v) is 2.72. The van der Waals surface area contributed by atoms with Crippen LogP contribution < -0.4 is 15.4 Å². The number of halogens is 1. The number of aromatic nitrogens is 3. The molecular weight excluding hydrogens is 378 g/mol. The molecule has 138 valence electrons. The molecule has 1 aromatic heterocycles. The minimum atomic E-state index is -0.567. The van der Waals surface area contributed by atoms with E-state index >= 15 is 0 Å². The van der Waals surface area contributed by atoms with E-state index in [1.54, 1.807) is 23.7 Å². The molecule has 3 amide bonds. The number of thioether (sulfide) groups is 1. The van der Waals surface area contributed by atoms with Gasteiger partial charge in [0.25, 0.3) is 0 Å².